The molecule has 0 aromatic heterocycles. The molecule has 100 valence electrons. The van der Waals surface area contributed by atoms with Gasteiger partial charge in [-0.3, -0.25) is 0 Å². The summed E-state index contributed by atoms with van der Waals surface area (Å²) in [5.74, 6) is 0.716. The fourth-order valence-corrected chi connectivity index (χ4v) is 2.67. The number of alkyl halides is 1. The molecule has 0 aliphatic carbocycles. The highest BCUT2D eigenvalue weighted by Crippen LogP contribution is 2.37. The number of hydrogen-bond acceptors (Lipinski definition) is 1. The van der Waals surface area contributed by atoms with Gasteiger partial charge in [-0.2, -0.15) is 0 Å². The molecular weight excluding hydrogens is 279 g/mol. The van der Waals surface area contributed by atoms with Crippen LogP contribution < -0.4 is 4.74 Å². The molecule has 3 heteroatoms. The van der Waals surface area contributed by atoms with Crippen molar-refractivity contribution >= 4 is 23.2 Å². The molecule has 0 radical (unpaired) electrons. The number of hydrogen-bond donors (Lipinski definition) is 0. The van der Waals surface area contributed by atoms with Gasteiger partial charge in [0.2, 0.25) is 0 Å². The van der Waals surface area contributed by atoms with Crippen LogP contribution in [0.5, 0.6) is 5.75 Å². The Balaban J connectivity index is 2.49. The topological polar surface area (TPSA) is 9.23 Å². The fraction of sp³-hybridized carbons (Fsp3) is 0.250. The van der Waals surface area contributed by atoms with E-state index in [9.17, 15) is 0 Å². The average Bonchev–Trinajstić information content (AvgIpc) is 2.40. The van der Waals surface area contributed by atoms with Gasteiger partial charge < -0.3 is 4.74 Å². The first-order chi connectivity index (χ1) is 9.02. The molecule has 0 saturated heterocycles. The highest BCUT2D eigenvalue weighted by Gasteiger charge is 2.17. The lowest BCUT2D eigenvalue weighted by atomic mass is 9.97. The highest BCUT2D eigenvalue weighted by atomic mass is 35.5. The summed E-state index contributed by atoms with van der Waals surface area (Å²) in [5.41, 5.74) is 4.39. The van der Waals surface area contributed by atoms with Gasteiger partial charge in [0.05, 0.1) is 12.5 Å². The van der Waals surface area contributed by atoms with Gasteiger partial charge in [0.1, 0.15) is 5.75 Å². The number of methoxy groups -OCH3 is 1. The number of aryl methyl sites for hydroxylation is 2. The third kappa shape index (κ3) is 3.05. The number of rotatable bonds is 3. The van der Waals surface area contributed by atoms with Crippen molar-refractivity contribution in [3.8, 4) is 5.75 Å². The zero-order valence-electron chi connectivity index (χ0n) is 11.2. The van der Waals surface area contributed by atoms with Gasteiger partial charge >= 0.3 is 0 Å². The molecule has 0 heterocycles. The van der Waals surface area contributed by atoms with Crippen molar-refractivity contribution in [2.75, 3.05) is 7.11 Å². The minimum Gasteiger partial charge on any atom is -0.496 e. The van der Waals surface area contributed by atoms with Gasteiger partial charge in [-0.15, -0.1) is 11.6 Å². The lowest BCUT2D eigenvalue weighted by Gasteiger charge is -2.17. The van der Waals surface area contributed by atoms with E-state index in [4.69, 9.17) is 27.9 Å². The molecule has 0 aliphatic heterocycles. The van der Waals surface area contributed by atoms with Crippen molar-refractivity contribution in [2.24, 2.45) is 0 Å². The Hall–Kier alpha value is -1.18. The predicted molar refractivity (Wildman–Crippen MR) is 81.6 cm³/mol. The smallest absolute Gasteiger partial charge is 0.125 e. The second-order valence-electron chi connectivity index (χ2n) is 4.61. The van der Waals surface area contributed by atoms with Gasteiger partial charge in [0, 0.05) is 10.6 Å². The van der Waals surface area contributed by atoms with E-state index in [2.05, 4.69) is 32.0 Å². The van der Waals surface area contributed by atoms with Crippen LogP contribution in [0, 0.1) is 13.8 Å². The van der Waals surface area contributed by atoms with Gasteiger partial charge in [-0.1, -0.05) is 41.4 Å². The fourth-order valence-electron chi connectivity index (χ4n) is 2.09. The maximum Gasteiger partial charge on any atom is 0.125 e. The lowest BCUT2D eigenvalue weighted by molar-refractivity contribution is 0.410. The first-order valence-electron chi connectivity index (χ1n) is 6.07. The molecule has 0 saturated carbocycles. The van der Waals surface area contributed by atoms with Gasteiger partial charge in [0.15, 0.2) is 0 Å². The van der Waals surface area contributed by atoms with E-state index in [-0.39, 0.29) is 5.38 Å². The van der Waals surface area contributed by atoms with E-state index in [0.29, 0.717) is 10.8 Å². The molecule has 1 atom stereocenters. The van der Waals surface area contributed by atoms with E-state index >= 15 is 0 Å². The molecule has 0 amide bonds. The van der Waals surface area contributed by atoms with Crippen LogP contribution in [-0.2, 0) is 0 Å². The third-order valence-electron chi connectivity index (χ3n) is 3.18. The van der Waals surface area contributed by atoms with Crippen molar-refractivity contribution in [3.63, 3.8) is 0 Å². The summed E-state index contributed by atoms with van der Waals surface area (Å²) in [6.07, 6.45) is 0. The Morgan fingerprint density at radius 1 is 1.00 bits per heavy atom. The Kier molecular flexibility index (Phi) is 4.38. The number of halogens is 2. The monoisotopic (exact) mass is 294 g/mol. The molecule has 0 N–H and O–H groups in total. The molecular formula is C16H16Cl2O. The quantitative estimate of drug-likeness (QED) is 0.699. The lowest BCUT2D eigenvalue weighted by Crippen LogP contribution is -2.00. The summed E-state index contributed by atoms with van der Waals surface area (Å²) < 4.78 is 5.37. The average molecular weight is 295 g/mol. The van der Waals surface area contributed by atoms with Crippen molar-refractivity contribution in [1.29, 1.82) is 0 Å². The molecule has 0 aliphatic rings. The molecule has 2 rings (SSSR count). The molecule has 0 spiro atoms. The SMILES string of the molecule is COc1cc(Cl)ccc1C(Cl)c1cc(C)ccc1C. The number of benzene rings is 2. The van der Waals surface area contributed by atoms with E-state index in [1.807, 2.05) is 12.1 Å². The predicted octanol–water partition coefficient (Wildman–Crippen LogP) is 5.29. The van der Waals surface area contributed by atoms with E-state index < -0.39 is 0 Å². The minimum absolute atomic E-state index is 0.243. The minimum atomic E-state index is -0.243. The second-order valence-corrected chi connectivity index (χ2v) is 5.48. The van der Waals surface area contributed by atoms with Crippen LogP contribution in [0.2, 0.25) is 5.02 Å². The number of ether oxygens (including phenoxy) is 1. The van der Waals surface area contributed by atoms with Crippen molar-refractivity contribution < 1.29 is 4.74 Å². The maximum atomic E-state index is 6.62. The molecule has 2 aromatic carbocycles. The second kappa shape index (κ2) is 5.85. The summed E-state index contributed by atoms with van der Waals surface area (Å²) in [5, 5.41) is 0.401. The summed E-state index contributed by atoms with van der Waals surface area (Å²) in [7, 11) is 1.63. The molecule has 19 heavy (non-hydrogen) atoms. The van der Waals surface area contributed by atoms with Crippen molar-refractivity contribution in [1.82, 2.24) is 0 Å². The zero-order valence-corrected chi connectivity index (χ0v) is 12.7. The largest absolute Gasteiger partial charge is 0.496 e. The molecule has 0 fully saturated rings. The first kappa shape index (κ1) is 14.2. The zero-order chi connectivity index (χ0) is 14.0. The molecule has 2 aromatic rings. The summed E-state index contributed by atoms with van der Waals surface area (Å²) in [6.45, 7) is 4.12. The standard InChI is InChI=1S/C16H16Cl2O/c1-10-4-5-11(2)14(8-10)16(18)13-7-6-12(17)9-15(13)19-3/h4-9,16H,1-3H3. The summed E-state index contributed by atoms with van der Waals surface area (Å²) in [4.78, 5) is 0. The molecule has 0 bridgehead atoms. The van der Waals surface area contributed by atoms with E-state index in [0.717, 1.165) is 11.1 Å². The summed E-state index contributed by atoms with van der Waals surface area (Å²) >= 11 is 12.6. The van der Waals surface area contributed by atoms with Gasteiger partial charge in [-0.05, 0) is 37.1 Å². The van der Waals surface area contributed by atoms with Crippen LogP contribution in [0.25, 0.3) is 0 Å². The summed E-state index contributed by atoms with van der Waals surface area (Å²) in [6, 6.07) is 11.8. The Morgan fingerprint density at radius 2 is 1.74 bits per heavy atom. The van der Waals surface area contributed by atoms with E-state index in [1.54, 1.807) is 13.2 Å². The highest BCUT2D eigenvalue weighted by molar-refractivity contribution is 6.30. The van der Waals surface area contributed by atoms with Crippen LogP contribution in [0.3, 0.4) is 0 Å². The van der Waals surface area contributed by atoms with Crippen LogP contribution in [0.15, 0.2) is 36.4 Å². The first-order valence-corrected chi connectivity index (χ1v) is 6.89. The Morgan fingerprint density at radius 3 is 2.42 bits per heavy atom. The van der Waals surface area contributed by atoms with Crippen LogP contribution in [0.1, 0.15) is 27.6 Å². The van der Waals surface area contributed by atoms with Crippen LogP contribution in [-0.4, -0.2) is 7.11 Å². The van der Waals surface area contributed by atoms with Gasteiger partial charge in [0.25, 0.3) is 0 Å². The van der Waals surface area contributed by atoms with Crippen LogP contribution >= 0.6 is 23.2 Å². The molecule has 1 nitrogen and oxygen atoms in total. The Bertz CT molecular complexity index is 593. The van der Waals surface area contributed by atoms with E-state index in [1.165, 1.54) is 11.1 Å². The van der Waals surface area contributed by atoms with Crippen molar-refractivity contribution in [3.05, 3.63) is 63.7 Å². The van der Waals surface area contributed by atoms with Crippen LogP contribution in [0.4, 0.5) is 0 Å². The Labute approximate surface area is 124 Å². The normalized spacial score (nSPS) is 12.3. The maximum absolute atomic E-state index is 6.62. The molecule has 1 unspecified atom stereocenters. The third-order valence-corrected chi connectivity index (χ3v) is 3.88. The van der Waals surface area contributed by atoms with Gasteiger partial charge in [-0.25, -0.2) is 0 Å². The van der Waals surface area contributed by atoms with Crippen molar-refractivity contribution in [2.45, 2.75) is 19.2 Å².